The Morgan fingerprint density at radius 2 is 2.33 bits per heavy atom. The molecule has 0 aliphatic heterocycles. The third-order valence-electron chi connectivity index (χ3n) is 1.41. The lowest BCUT2D eigenvalue weighted by molar-refractivity contribution is 0.402. The van der Waals surface area contributed by atoms with Crippen LogP contribution in [-0.4, -0.2) is 29.0 Å². The fraction of sp³-hybridized carbons (Fsp3) is 0.429. The van der Waals surface area contributed by atoms with E-state index < -0.39 is 5.69 Å². The van der Waals surface area contributed by atoms with Crippen molar-refractivity contribution in [3.8, 4) is 0 Å². The number of anilines is 1. The van der Waals surface area contributed by atoms with Gasteiger partial charge in [-0.25, -0.2) is 9.78 Å². The quantitative estimate of drug-likeness (QED) is 0.619. The largest absolute Gasteiger partial charge is 0.385 e. The molecule has 0 aliphatic rings. The van der Waals surface area contributed by atoms with Crippen LogP contribution in [0.5, 0.6) is 0 Å². The van der Waals surface area contributed by atoms with Crippen LogP contribution in [0.1, 0.15) is 5.56 Å². The molecule has 1 rings (SSSR count). The third-order valence-corrected chi connectivity index (χ3v) is 1.41. The highest BCUT2D eigenvalue weighted by molar-refractivity contribution is 5.35. The molecule has 0 amide bonds. The number of nitrogens with one attached hydrogen (secondary N) is 1. The molecule has 3 N–H and O–H groups in total. The maximum Gasteiger partial charge on any atom is 0.346 e. The van der Waals surface area contributed by atoms with Crippen molar-refractivity contribution >= 4 is 5.82 Å². The lowest BCUT2D eigenvalue weighted by Crippen LogP contribution is -2.18. The van der Waals surface area contributed by atoms with E-state index in [-0.39, 0.29) is 0 Å². The Balaban J connectivity index is 2.94. The van der Waals surface area contributed by atoms with Gasteiger partial charge in [0.05, 0.1) is 0 Å². The molecule has 0 saturated carbocycles. The highest BCUT2D eigenvalue weighted by Gasteiger charge is 2.00. The molecule has 1 aromatic heterocycles. The minimum atomic E-state index is -0.407. The van der Waals surface area contributed by atoms with Gasteiger partial charge in [0.15, 0.2) is 0 Å². The van der Waals surface area contributed by atoms with E-state index in [4.69, 9.17) is 5.73 Å². The van der Waals surface area contributed by atoms with Gasteiger partial charge in [-0.15, -0.1) is 0 Å². The van der Waals surface area contributed by atoms with E-state index in [1.165, 1.54) is 6.20 Å². The smallest absolute Gasteiger partial charge is 0.346 e. The third kappa shape index (κ3) is 2.06. The predicted octanol–water partition coefficient (Wildman–Crippen LogP) is -0.586. The molecule has 66 valence electrons. The van der Waals surface area contributed by atoms with E-state index in [0.717, 1.165) is 5.56 Å². The van der Waals surface area contributed by atoms with Gasteiger partial charge in [-0.3, -0.25) is 4.98 Å². The van der Waals surface area contributed by atoms with Crippen LogP contribution in [0, 0.1) is 0 Å². The fourth-order valence-corrected chi connectivity index (χ4v) is 0.901. The summed E-state index contributed by atoms with van der Waals surface area (Å²) in [4.78, 5) is 18.6. The Morgan fingerprint density at radius 1 is 1.67 bits per heavy atom. The first-order chi connectivity index (χ1) is 5.59. The maximum absolute atomic E-state index is 10.7. The second kappa shape index (κ2) is 3.36. The van der Waals surface area contributed by atoms with Crippen LogP contribution in [0.3, 0.4) is 0 Å². The number of nitrogens with zero attached hydrogens (tertiary/aromatic N) is 2. The first-order valence-electron chi connectivity index (χ1n) is 3.58. The van der Waals surface area contributed by atoms with E-state index in [1.54, 1.807) is 0 Å². The van der Waals surface area contributed by atoms with E-state index in [0.29, 0.717) is 12.4 Å². The molecule has 0 aromatic carbocycles. The SMILES string of the molecule is CN(C)Cc1cnc(=O)[nH]c1N. The number of aromatic amines is 1. The summed E-state index contributed by atoms with van der Waals surface area (Å²) >= 11 is 0. The Hall–Kier alpha value is -1.36. The van der Waals surface area contributed by atoms with Gasteiger partial charge in [0.25, 0.3) is 0 Å². The van der Waals surface area contributed by atoms with Crippen LogP contribution in [-0.2, 0) is 6.54 Å². The van der Waals surface area contributed by atoms with Crippen LogP contribution < -0.4 is 11.4 Å². The molecule has 0 fully saturated rings. The standard InChI is InChI=1S/C7H12N4O/c1-11(2)4-5-3-9-7(12)10-6(5)8/h3H,4H2,1-2H3,(H3,8,9,10,12). The van der Waals surface area contributed by atoms with Crippen LogP contribution in [0.25, 0.3) is 0 Å². The summed E-state index contributed by atoms with van der Waals surface area (Å²) in [6.45, 7) is 0.676. The number of hydrogen-bond donors (Lipinski definition) is 2. The van der Waals surface area contributed by atoms with Crippen molar-refractivity contribution in [3.63, 3.8) is 0 Å². The van der Waals surface area contributed by atoms with Gasteiger partial charge >= 0.3 is 5.69 Å². The second-order valence-corrected chi connectivity index (χ2v) is 2.87. The molecule has 0 radical (unpaired) electrons. The highest BCUT2D eigenvalue weighted by Crippen LogP contribution is 2.04. The van der Waals surface area contributed by atoms with Crippen molar-refractivity contribution in [2.24, 2.45) is 0 Å². The molecule has 0 atom stereocenters. The molecule has 5 heteroatoms. The Labute approximate surface area is 70.2 Å². The highest BCUT2D eigenvalue weighted by atomic mass is 16.1. The summed E-state index contributed by atoms with van der Waals surface area (Å²) in [5, 5.41) is 0. The van der Waals surface area contributed by atoms with Gasteiger partial charge in [0.2, 0.25) is 0 Å². The zero-order chi connectivity index (χ0) is 9.14. The Morgan fingerprint density at radius 3 is 2.83 bits per heavy atom. The molecule has 0 unspecified atom stereocenters. The summed E-state index contributed by atoms with van der Waals surface area (Å²) in [5.41, 5.74) is 5.97. The van der Waals surface area contributed by atoms with Crippen molar-refractivity contribution in [2.45, 2.75) is 6.54 Å². The fourth-order valence-electron chi connectivity index (χ4n) is 0.901. The van der Waals surface area contributed by atoms with Crippen molar-refractivity contribution in [1.29, 1.82) is 0 Å². The number of nitrogen functional groups attached to an aromatic ring is 1. The average Bonchev–Trinajstić information content (AvgIpc) is 1.94. The molecule has 1 heterocycles. The molecule has 0 spiro atoms. The molecule has 12 heavy (non-hydrogen) atoms. The van der Waals surface area contributed by atoms with Crippen molar-refractivity contribution in [1.82, 2.24) is 14.9 Å². The van der Waals surface area contributed by atoms with Gasteiger partial charge in [0.1, 0.15) is 5.82 Å². The lowest BCUT2D eigenvalue weighted by atomic mass is 10.3. The van der Waals surface area contributed by atoms with E-state index >= 15 is 0 Å². The summed E-state index contributed by atoms with van der Waals surface area (Å²) in [7, 11) is 3.84. The van der Waals surface area contributed by atoms with Crippen molar-refractivity contribution in [3.05, 3.63) is 22.2 Å². The number of nitrogens with two attached hydrogens (primary N) is 1. The number of rotatable bonds is 2. The first-order valence-corrected chi connectivity index (χ1v) is 3.58. The molecule has 0 bridgehead atoms. The summed E-state index contributed by atoms with van der Waals surface area (Å²) < 4.78 is 0. The zero-order valence-electron chi connectivity index (χ0n) is 7.16. The van der Waals surface area contributed by atoms with Gasteiger partial charge in [0, 0.05) is 18.3 Å². The van der Waals surface area contributed by atoms with Gasteiger partial charge < -0.3 is 10.6 Å². The van der Waals surface area contributed by atoms with Crippen molar-refractivity contribution in [2.75, 3.05) is 19.8 Å². The molecule has 1 aromatic rings. The van der Waals surface area contributed by atoms with Gasteiger partial charge in [-0.1, -0.05) is 0 Å². The lowest BCUT2D eigenvalue weighted by Gasteiger charge is -2.09. The van der Waals surface area contributed by atoms with Gasteiger partial charge in [-0.05, 0) is 14.1 Å². The molecular formula is C7H12N4O. The Kier molecular flexibility index (Phi) is 2.44. The number of aromatic nitrogens is 2. The van der Waals surface area contributed by atoms with E-state index in [1.807, 2.05) is 19.0 Å². The second-order valence-electron chi connectivity index (χ2n) is 2.87. The summed E-state index contributed by atoms with van der Waals surface area (Å²) in [6, 6.07) is 0. The van der Waals surface area contributed by atoms with E-state index in [9.17, 15) is 4.79 Å². The van der Waals surface area contributed by atoms with Crippen molar-refractivity contribution < 1.29 is 0 Å². The van der Waals surface area contributed by atoms with Crippen LogP contribution in [0.15, 0.2) is 11.0 Å². The minimum Gasteiger partial charge on any atom is -0.385 e. The van der Waals surface area contributed by atoms with Gasteiger partial charge in [-0.2, -0.15) is 0 Å². The van der Waals surface area contributed by atoms with Crippen LogP contribution in [0.4, 0.5) is 5.82 Å². The normalized spacial score (nSPS) is 10.6. The topological polar surface area (TPSA) is 75.0 Å². The van der Waals surface area contributed by atoms with Crippen LogP contribution >= 0.6 is 0 Å². The molecule has 0 aliphatic carbocycles. The van der Waals surface area contributed by atoms with Crippen LogP contribution in [0.2, 0.25) is 0 Å². The molecule has 0 saturated heterocycles. The summed E-state index contributed by atoms with van der Waals surface area (Å²) in [6.07, 6.45) is 1.49. The average molecular weight is 168 g/mol. The monoisotopic (exact) mass is 168 g/mol. The first kappa shape index (κ1) is 8.73. The number of hydrogen-bond acceptors (Lipinski definition) is 4. The molecular weight excluding hydrogens is 156 g/mol. The summed E-state index contributed by atoms with van der Waals surface area (Å²) in [5.74, 6) is 0.392. The Bertz CT molecular complexity index is 317. The number of H-pyrrole nitrogens is 1. The predicted molar refractivity (Wildman–Crippen MR) is 46.7 cm³/mol. The van der Waals surface area contributed by atoms with E-state index in [2.05, 4.69) is 9.97 Å². The molecule has 5 nitrogen and oxygen atoms in total. The zero-order valence-corrected chi connectivity index (χ0v) is 7.16. The minimum absolute atomic E-state index is 0.392. The maximum atomic E-state index is 10.7.